The second-order valence-electron chi connectivity index (χ2n) is 1.15. The van der Waals surface area contributed by atoms with Gasteiger partial charge < -0.3 is 0 Å². The summed E-state index contributed by atoms with van der Waals surface area (Å²) in [4.78, 5) is 0. The van der Waals surface area contributed by atoms with Gasteiger partial charge >= 0.3 is 0 Å². The Labute approximate surface area is 50.3 Å². The van der Waals surface area contributed by atoms with Gasteiger partial charge in [0.05, 0.1) is 0 Å². The van der Waals surface area contributed by atoms with Crippen LogP contribution >= 0.6 is 0 Å². The molecule has 0 unspecified atom stereocenters. The predicted octanol–water partition coefficient (Wildman–Crippen LogP) is 2.44. The van der Waals surface area contributed by atoms with E-state index < -0.39 is 0 Å². The number of hydrogen-bond acceptors (Lipinski definition) is 2. The van der Waals surface area contributed by atoms with Crippen LogP contribution in [0.15, 0.2) is 10.3 Å². The Hall–Kier alpha value is -0.730. The molecule has 48 valence electrons. The molecule has 0 aromatic rings. The van der Waals surface area contributed by atoms with Crippen LogP contribution in [-0.4, -0.2) is 5.71 Å². The van der Waals surface area contributed by atoms with E-state index in [1.54, 1.807) is 13.8 Å². The summed E-state index contributed by atoms with van der Waals surface area (Å²) >= 11 is 0. The molecule has 8 heavy (non-hydrogen) atoms. The van der Waals surface area contributed by atoms with E-state index in [1.807, 2.05) is 13.8 Å². The highest BCUT2D eigenvalue weighted by Gasteiger charge is 1.67. The SMILES string of the molecule is CC.CC(C)=NN=N. The topological polar surface area (TPSA) is 48.6 Å². The summed E-state index contributed by atoms with van der Waals surface area (Å²) in [6.45, 7) is 7.58. The van der Waals surface area contributed by atoms with Crippen molar-refractivity contribution in [3.63, 3.8) is 0 Å². The molecular formula is C5H13N3. The molecular weight excluding hydrogens is 102 g/mol. The molecule has 0 radical (unpaired) electrons. The molecule has 0 bridgehead atoms. The van der Waals surface area contributed by atoms with Gasteiger partial charge in [-0.2, -0.15) is 5.53 Å². The van der Waals surface area contributed by atoms with Crippen molar-refractivity contribution in [2.45, 2.75) is 27.7 Å². The van der Waals surface area contributed by atoms with Crippen LogP contribution in [0.2, 0.25) is 0 Å². The average molecular weight is 115 g/mol. The third-order valence-electron chi connectivity index (χ3n) is 0.250. The molecule has 0 rings (SSSR count). The van der Waals surface area contributed by atoms with Crippen molar-refractivity contribution in [2.24, 2.45) is 10.3 Å². The molecule has 0 saturated carbocycles. The molecule has 0 amide bonds. The first kappa shape index (κ1) is 10.3. The van der Waals surface area contributed by atoms with Crippen molar-refractivity contribution in [3.8, 4) is 0 Å². The van der Waals surface area contributed by atoms with Crippen molar-refractivity contribution >= 4 is 5.71 Å². The minimum absolute atomic E-state index is 0.810. The largest absolute Gasteiger partial charge is 0.185 e. The molecule has 0 aromatic carbocycles. The van der Waals surface area contributed by atoms with E-state index >= 15 is 0 Å². The predicted molar refractivity (Wildman–Crippen MR) is 35.3 cm³/mol. The Morgan fingerprint density at radius 2 is 1.62 bits per heavy atom. The fourth-order valence-electron chi connectivity index (χ4n) is 0.100. The van der Waals surface area contributed by atoms with Crippen molar-refractivity contribution in [3.05, 3.63) is 0 Å². The Bertz CT molecular complexity index is 71.7. The summed E-state index contributed by atoms with van der Waals surface area (Å²) in [7, 11) is 0. The monoisotopic (exact) mass is 115 g/mol. The maximum atomic E-state index is 6.17. The van der Waals surface area contributed by atoms with E-state index in [-0.39, 0.29) is 0 Å². The molecule has 0 heterocycles. The van der Waals surface area contributed by atoms with Gasteiger partial charge in [-0.15, -0.1) is 5.10 Å². The van der Waals surface area contributed by atoms with Gasteiger partial charge in [0.25, 0.3) is 0 Å². The van der Waals surface area contributed by atoms with E-state index in [9.17, 15) is 0 Å². The third-order valence-corrected chi connectivity index (χ3v) is 0.250. The lowest BCUT2D eigenvalue weighted by molar-refractivity contribution is 0.986. The van der Waals surface area contributed by atoms with Gasteiger partial charge in [-0.1, -0.05) is 19.1 Å². The highest BCUT2D eigenvalue weighted by Crippen LogP contribution is 1.71. The van der Waals surface area contributed by atoms with Crippen LogP contribution < -0.4 is 0 Å². The standard InChI is InChI=1S/C3H7N3.C2H6/c1-3(2)5-6-4;1-2/h4H,1-2H3;1-2H3. The van der Waals surface area contributed by atoms with Crippen LogP contribution in [0.1, 0.15) is 27.7 Å². The first-order valence-electron chi connectivity index (χ1n) is 2.65. The van der Waals surface area contributed by atoms with E-state index in [1.165, 1.54) is 0 Å². The zero-order valence-corrected chi connectivity index (χ0v) is 5.89. The molecule has 0 fully saturated rings. The summed E-state index contributed by atoms with van der Waals surface area (Å²) in [5, 5.41) is 6.11. The van der Waals surface area contributed by atoms with Gasteiger partial charge in [0.1, 0.15) is 0 Å². The fourth-order valence-corrected chi connectivity index (χ4v) is 0.100. The molecule has 3 heteroatoms. The molecule has 0 aliphatic heterocycles. The van der Waals surface area contributed by atoms with Crippen molar-refractivity contribution < 1.29 is 0 Å². The highest BCUT2D eigenvalue weighted by molar-refractivity contribution is 5.78. The zero-order chi connectivity index (χ0) is 6.99. The summed E-state index contributed by atoms with van der Waals surface area (Å²) in [5.41, 5.74) is 6.98. The zero-order valence-electron chi connectivity index (χ0n) is 5.89. The molecule has 3 nitrogen and oxygen atoms in total. The first-order valence-corrected chi connectivity index (χ1v) is 2.65. The fraction of sp³-hybridized carbons (Fsp3) is 0.800. The lowest BCUT2D eigenvalue weighted by atomic mass is 10.5. The molecule has 1 N–H and O–H groups in total. The number of hydrogen-bond donors (Lipinski definition) is 1. The molecule has 0 saturated heterocycles. The highest BCUT2D eigenvalue weighted by atomic mass is 15.3. The molecule has 0 spiro atoms. The number of nitrogens with zero attached hydrogens (tertiary/aromatic N) is 2. The van der Waals surface area contributed by atoms with Crippen molar-refractivity contribution in [2.75, 3.05) is 0 Å². The van der Waals surface area contributed by atoms with Gasteiger partial charge in [0.2, 0.25) is 0 Å². The molecule has 0 aromatic heterocycles. The summed E-state index contributed by atoms with van der Waals surface area (Å²) in [5.74, 6) is 0. The van der Waals surface area contributed by atoms with Gasteiger partial charge in [-0.3, -0.25) is 0 Å². The van der Waals surface area contributed by atoms with Crippen LogP contribution in [0, 0.1) is 5.53 Å². The Kier molecular flexibility index (Phi) is 12.3. The lowest BCUT2D eigenvalue weighted by Crippen LogP contribution is -1.73. The molecule has 0 aliphatic carbocycles. The lowest BCUT2D eigenvalue weighted by Gasteiger charge is -1.73. The van der Waals surface area contributed by atoms with Crippen LogP contribution in [0.25, 0.3) is 0 Å². The van der Waals surface area contributed by atoms with E-state index in [0.717, 1.165) is 5.71 Å². The maximum Gasteiger partial charge on any atom is 0.0362 e. The Morgan fingerprint density at radius 1 is 1.25 bits per heavy atom. The number of rotatable bonds is 1. The van der Waals surface area contributed by atoms with Crippen molar-refractivity contribution in [1.82, 2.24) is 0 Å². The second kappa shape index (κ2) is 9.55. The summed E-state index contributed by atoms with van der Waals surface area (Å²) in [6.07, 6.45) is 0. The van der Waals surface area contributed by atoms with Gasteiger partial charge in [-0.25, -0.2) is 0 Å². The molecule has 0 aliphatic rings. The summed E-state index contributed by atoms with van der Waals surface area (Å²) < 4.78 is 0. The summed E-state index contributed by atoms with van der Waals surface area (Å²) in [6, 6.07) is 0. The van der Waals surface area contributed by atoms with E-state index in [4.69, 9.17) is 5.53 Å². The van der Waals surface area contributed by atoms with Gasteiger partial charge in [-0.05, 0) is 13.8 Å². The quantitative estimate of drug-likeness (QED) is 0.310. The molecule has 0 atom stereocenters. The minimum Gasteiger partial charge on any atom is -0.185 e. The van der Waals surface area contributed by atoms with E-state index in [2.05, 4.69) is 10.3 Å². The van der Waals surface area contributed by atoms with Gasteiger partial charge in [0.15, 0.2) is 0 Å². The number of nitrogens with one attached hydrogen (secondary N) is 1. The van der Waals surface area contributed by atoms with Crippen LogP contribution in [0.4, 0.5) is 0 Å². The third kappa shape index (κ3) is 18.6. The van der Waals surface area contributed by atoms with E-state index in [0.29, 0.717) is 0 Å². The average Bonchev–Trinajstić information content (AvgIpc) is 1.72. The van der Waals surface area contributed by atoms with Crippen molar-refractivity contribution in [1.29, 1.82) is 5.53 Å². The Morgan fingerprint density at radius 3 is 1.62 bits per heavy atom. The minimum atomic E-state index is 0.810. The maximum absolute atomic E-state index is 6.17. The van der Waals surface area contributed by atoms with Crippen LogP contribution in [0.3, 0.4) is 0 Å². The Balaban J connectivity index is 0. The first-order chi connectivity index (χ1) is 3.77. The van der Waals surface area contributed by atoms with Gasteiger partial charge in [0, 0.05) is 5.71 Å². The normalized spacial score (nSPS) is 6.00. The van der Waals surface area contributed by atoms with Crippen LogP contribution in [0.5, 0.6) is 0 Å². The smallest absolute Gasteiger partial charge is 0.0362 e. The second-order valence-corrected chi connectivity index (χ2v) is 1.15. The van der Waals surface area contributed by atoms with Crippen LogP contribution in [-0.2, 0) is 0 Å².